The largest absolute Gasteiger partial charge is 0.493 e. The molecule has 1 fully saturated rings. The number of carbonyl (C=O) groups excluding carboxylic acids is 1. The van der Waals surface area contributed by atoms with Crippen LogP contribution in [0.15, 0.2) is 99.3 Å². The molecule has 1 heterocycles. The molecule has 44 heavy (non-hydrogen) atoms. The van der Waals surface area contributed by atoms with E-state index in [4.69, 9.17) is 14.5 Å². The molecule has 1 aliphatic heterocycles. The second-order valence-electron chi connectivity index (χ2n) is 9.93. The highest BCUT2D eigenvalue weighted by molar-refractivity contribution is 9.10. The van der Waals surface area contributed by atoms with Crippen LogP contribution in [0.2, 0.25) is 0 Å². The molecule has 0 N–H and O–H groups in total. The Labute approximate surface area is 268 Å². The van der Waals surface area contributed by atoms with Gasteiger partial charge in [0.2, 0.25) is 0 Å². The lowest BCUT2D eigenvalue weighted by Crippen LogP contribution is -2.28. The Morgan fingerprint density at radius 3 is 2.25 bits per heavy atom. The van der Waals surface area contributed by atoms with Gasteiger partial charge in [0.1, 0.15) is 6.61 Å². The number of carbonyl (C=O) groups is 1. The topological polar surface area (TPSA) is 94.3 Å². The Morgan fingerprint density at radius 1 is 0.932 bits per heavy atom. The fourth-order valence-electron chi connectivity index (χ4n) is 4.57. The number of aliphatic imine (C=N–C) groups is 1. The number of thioether (sulfide) groups is 1. The Morgan fingerprint density at radius 2 is 1.61 bits per heavy atom. The van der Waals surface area contributed by atoms with Gasteiger partial charge in [0.15, 0.2) is 16.7 Å². The van der Waals surface area contributed by atoms with Crippen LogP contribution in [0.1, 0.15) is 36.1 Å². The van der Waals surface area contributed by atoms with Crippen molar-refractivity contribution in [1.82, 2.24) is 0 Å². The zero-order valence-corrected chi connectivity index (χ0v) is 26.9. The molecule has 0 aliphatic carbocycles. The van der Waals surface area contributed by atoms with E-state index in [0.717, 1.165) is 29.8 Å². The molecule has 4 aromatic carbocycles. The number of amidine groups is 1. The number of amides is 1. The van der Waals surface area contributed by atoms with Crippen molar-refractivity contribution in [2.75, 3.05) is 12.0 Å². The molecular formula is C34H30BrN3O5S. The number of aryl methyl sites for hydroxylation is 2. The fourth-order valence-corrected chi connectivity index (χ4v) is 6.00. The number of benzene rings is 4. The molecule has 8 nitrogen and oxygen atoms in total. The number of nitrogens with zero attached hydrogens (tertiary/aromatic N) is 3. The Balaban J connectivity index is 1.46. The molecule has 0 saturated carbocycles. The summed E-state index contributed by atoms with van der Waals surface area (Å²) in [6.07, 6.45) is 3.64. The van der Waals surface area contributed by atoms with Crippen LogP contribution in [0, 0.1) is 10.1 Å². The van der Waals surface area contributed by atoms with Crippen molar-refractivity contribution in [2.24, 2.45) is 4.99 Å². The number of methoxy groups -OCH3 is 1. The molecule has 0 bridgehead atoms. The van der Waals surface area contributed by atoms with Gasteiger partial charge in [-0.25, -0.2) is 4.99 Å². The lowest BCUT2D eigenvalue weighted by Gasteiger charge is -2.16. The van der Waals surface area contributed by atoms with Gasteiger partial charge in [0.25, 0.3) is 11.6 Å². The molecule has 5 rings (SSSR count). The molecule has 0 atom stereocenters. The van der Waals surface area contributed by atoms with Gasteiger partial charge >= 0.3 is 0 Å². The summed E-state index contributed by atoms with van der Waals surface area (Å²) in [6.45, 7) is 4.31. The van der Waals surface area contributed by atoms with Crippen molar-refractivity contribution in [3.05, 3.63) is 127 Å². The minimum Gasteiger partial charge on any atom is -0.493 e. The molecule has 0 radical (unpaired) electrons. The Kier molecular flexibility index (Phi) is 9.82. The number of anilines is 1. The van der Waals surface area contributed by atoms with E-state index in [-0.39, 0.29) is 18.2 Å². The van der Waals surface area contributed by atoms with E-state index < -0.39 is 4.92 Å². The van der Waals surface area contributed by atoms with Gasteiger partial charge in [0.05, 0.1) is 28.3 Å². The number of rotatable bonds is 10. The zero-order chi connectivity index (χ0) is 31.2. The van der Waals surface area contributed by atoms with Crippen molar-refractivity contribution in [3.63, 3.8) is 0 Å². The van der Waals surface area contributed by atoms with E-state index in [1.807, 2.05) is 48.5 Å². The summed E-state index contributed by atoms with van der Waals surface area (Å²) in [5.41, 5.74) is 5.27. The van der Waals surface area contributed by atoms with Crippen LogP contribution in [0.3, 0.4) is 0 Å². The second-order valence-corrected chi connectivity index (χ2v) is 11.8. The summed E-state index contributed by atoms with van der Waals surface area (Å²) in [4.78, 5) is 31.6. The highest BCUT2D eigenvalue weighted by atomic mass is 79.9. The van der Waals surface area contributed by atoms with E-state index in [1.54, 1.807) is 35.2 Å². The molecule has 4 aromatic rings. The van der Waals surface area contributed by atoms with Crippen LogP contribution in [0.5, 0.6) is 11.5 Å². The molecule has 0 aromatic heterocycles. The van der Waals surface area contributed by atoms with Gasteiger partial charge in [-0.15, -0.1) is 0 Å². The fraction of sp³-hybridized carbons (Fsp3) is 0.176. The van der Waals surface area contributed by atoms with Gasteiger partial charge in [-0.05, 0) is 89.3 Å². The first-order chi connectivity index (χ1) is 21.3. The van der Waals surface area contributed by atoms with Crippen molar-refractivity contribution in [2.45, 2.75) is 33.3 Å². The van der Waals surface area contributed by atoms with E-state index in [2.05, 4.69) is 29.8 Å². The SMILES string of the molecule is CCc1ccc(N=C2S/C(=C\c3cc(OC)c(OCc4cccc([N+](=O)[O-])c4)cc3Br)C(=O)N2c2ccc(CC)cc2)cc1. The van der Waals surface area contributed by atoms with E-state index in [9.17, 15) is 14.9 Å². The zero-order valence-electron chi connectivity index (χ0n) is 24.5. The quantitative estimate of drug-likeness (QED) is 0.0949. The van der Waals surface area contributed by atoms with E-state index in [1.165, 1.54) is 42.1 Å². The van der Waals surface area contributed by atoms with Crippen LogP contribution in [-0.4, -0.2) is 23.1 Å². The van der Waals surface area contributed by atoms with Crippen molar-refractivity contribution < 1.29 is 19.2 Å². The van der Waals surface area contributed by atoms with Gasteiger partial charge in [-0.3, -0.25) is 19.8 Å². The monoisotopic (exact) mass is 671 g/mol. The van der Waals surface area contributed by atoms with Crippen molar-refractivity contribution >= 4 is 61.9 Å². The average molecular weight is 673 g/mol. The van der Waals surface area contributed by atoms with Gasteiger partial charge in [0, 0.05) is 16.6 Å². The van der Waals surface area contributed by atoms with E-state index in [0.29, 0.717) is 31.6 Å². The number of hydrogen-bond acceptors (Lipinski definition) is 7. The second kappa shape index (κ2) is 13.9. The van der Waals surface area contributed by atoms with Crippen LogP contribution >= 0.6 is 27.7 Å². The summed E-state index contributed by atoms with van der Waals surface area (Å²) < 4.78 is 12.3. The number of nitro groups is 1. The standard InChI is InChI=1S/C34H30BrN3O5S/c1-4-22-9-13-26(14-10-22)36-34-37(27-15-11-23(5-2)12-16-27)33(39)32(44-34)19-25-18-30(42-3)31(20-29(25)35)43-21-24-7-6-8-28(17-24)38(40)41/h6-20H,4-5,21H2,1-3H3/b32-19-,36-34?. The lowest BCUT2D eigenvalue weighted by molar-refractivity contribution is -0.384. The maximum absolute atomic E-state index is 13.9. The predicted molar refractivity (Wildman–Crippen MR) is 180 cm³/mol. The molecular weight excluding hydrogens is 642 g/mol. The molecule has 224 valence electrons. The summed E-state index contributed by atoms with van der Waals surface area (Å²) in [7, 11) is 1.53. The third kappa shape index (κ3) is 7.03. The number of halogens is 1. The van der Waals surface area contributed by atoms with Gasteiger partial charge < -0.3 is 9.47 Å². The highest BCUT2D eigenvalue weighted by Gasteiger charge is 2.35. The van der Waals surface area contributed by atoms with Gasteiger partial charge in [-0.2, -0.15) is 0 Å². The number of ether oxygens (including phenoxy) is 2. The summed E-state index contributed by atoms with van der Waals surface area (Å²) in [5, 5.41) is 11.7. The maximum atomic E-state index is 13.9. The molecule has 1 aliphatic rings. The predicted octanol–water partition coefficient (Wildman–Crippen LogP) is 8.88. The Bertz CT molecular complexity index is 1750. The van der Waals surface area contributed by atoms with Gasteiger partial charge in [-0.1, -0.05) is 66.2 Å². The van der Waals surface area contributed by atoms with Crippen LogP contribution < -0.4 is 14.4 Å². The molecule has 0 unspecified atom stereocenters. The van der Waals surface area contributed by atoms with Crippen molar-refractivity contribution in [3.8, 4) is 11.5 Å². The molecule has 0 spiro atoms. The number of hydrogen-bond donors (Lipinski definition) is 0. The minimum absolute atomic E-state index is 0.00353. The molecule has 1 saturated heterocycles. The molecule has 1 amide bonds. The maximum Gasteiger partial charge on any atom is 0.271 e. The summed E-state index contributed by atoms with van der Waals surface area (Å²) in [5.74, 6) is 0.728. The summed E-state index contributed by atoms with van der Waals surface area (Å²) >= 11 is 4.93. The lowest BCUT2D eigenvalue weighted by atomic mass is 10.1. The van der Waals surface area contributed by atoms with E-state index >= 15 is 0 Å². The first-order valence-corrected chi connectivity index (χ1v) is 15.6. The average Bonchev–Trinajstić information content (AvgIpc) is 3.35. The first-order valence-electron chi connectivity index (χ1n) is 14.0. The van der Waals surface area contributed by atoms with Crippen LogP contribution in [-0.2, 0) is 24.2 Å². The normalized spacial score (nSPS) is 14.8. The first kappa shape index (κ1) is 31.0. The number of non-ortho nitro benzene ring substituents is 1. The third-order valence-electron chi connectivity index (χ3n) is 7.06. The Hall–Kier alpha value is -4.41. The minimum atomic E-state index is -0.440. The van der Waals surface area contributed by atoms with Crippen LogP contribution in [0.25, 0.3) is 6.08 Å². The number of nitro benzene ring substituents is 1. The molecule has 10 heteroatoms. The summed E-state index contributed by atoms with van der Waals surface area (Å²) in [6, 6.07) is 25.8. The van der Waals surface area contributed by atoms with Crippen molar-refractivity contribution in [1.29, 1.82) is 0 Å². The van der Waals surface area contributed by atoms with Crippen LogP contribution in [0.4, 0.5) is 17.1 Å². The third-order valence-corrected chi connectivity index (χ3v) is 8.72. The highest BCUT2D eigenvalue weighted by Crippen LogP contribution is 2.40. The smallest absolute Gasteiger partial charge is 0.271 e.